The van der Waals surface area contributed by atoms with E-state index in [9.17, 15) is 9.59 Å². The number of hydrogen-bond donors (Lipinski definition) is 0. The first-order valence-corrected chi connectivity index (χ1v) is 9.30. The number of aromatic nitrogens is 2. The molecule has 2 aliphatic heterocycles. The van der Waals surface area contributed by atoms with E-state index in [4.69, 9.17) is 0 Å². The highest BCUT2D eigenvalue weighted by molar-refractivity contribution is 5.89. The lowest BCUT2D eigenvalue weighted by Crippen LogP contribution is -2.43. The highest BCUT2D eigenvalue weighted by atomic mass is 16.2. The van der Waals surface area contributed by atoms with Crippen LogP contribution in [0, 0.1) is 5.92 Å². The van der Waals surface area contributed by atoms with Crippen molar-refractivity contribution in [1.29, 1.82) is 0 Å². The second-order valence-corrected chi connectivity index (χ2v) is 7.44. The first-order chi connectivity index (χ1) is 11.7. The van der Waals surface area contributed by atoms with Gasteiger partial charge in [-0.3, -0.25) is 14.3 Å². The van der Waals surface area contributed by atoms with Crippen molar-refractivity contribution >= 4 is 11.8 Å². The highest BCUT2D eigenvalue weighted by Crippen LogP contribution is 2.31. The molecular weight excluding hydrogens is 304 g/mol. The molecule has 24 heavy (non-hydrogen) atoms. The molecule has 3 fully saturated rings. The van der Waals surface area contributed by atoms with E-state index in [1.807, 2.05) is 26.7 Å². The van der Waals surface area contributed by atoms with E-state index in [2.05, 4.69) is 5.10 Å². The number of hydrogen-bond acceptors (Lipinski definition) is 3. The van der Waals surface area contributed by atoms with Crippen molar-refractivity contribution in [2.75, 3.05) is 13.1 Å². The minimum atomic E-state index is -0.142. The molecule has 2 saturated heterocycles. The second-order valence-electron chi connectivity index (χ2n) is 7.44. The Bertz CT molecular complexity index is 594. The number of nitrogens with zero attached hydrogens (tertiary/aromatic N) is 4. The predicted molar refractivity (Wildman–Crippen MR) is 89.0 cm³/mol. The molecule has 2 atom stereocenters. The van der Waals surface area contributed by atoms with Crippen LogP contribution in [0.4, 0.5) is 0 Å². The van der Waals surface area contributed by atoms with E-state index in [-0.39, 0.29) is 23.8 Å². The zero-order valence-electron chi connectivity index (χ0n) is 14.1. The molecule has 1 aromatic rings. The van der Waals surface area contributed by atoms with Crippen LogP contribution in [0.5, 0.6) is 0 Å². The fraction of sp³-hybridized carbons (Fsp3) is 0.722. The molecule has 6 nitrogen and oxygen atoms in total. The zero-order chi connectivity index (χ0) is 16.5. The number of rotatable bonds is 4. The molecule has 4 rings (SSSR count). The normalized spacial score (nSPS) is 28.2. The average molecular weight is 330 g/mol. The van der Waals surface area contributed by atoms with Gasteiger partial charge in [-0.25, -0.2) is 0 Å². The van der Waals surface area contributed by atoms with Crippen LogP contribution in [0.15, 0.2) is 18.5 Å². The van der Waals surface area contributed by atoms with E-state index in [0.29, 0.717) is 19.0 Å². The molecule has 0 spiro atoms. The molecule has 1 aliphatic carbocycles. The van der Waals surface area contributed by atoms with Crippen LogP contribution in [0.1, 0.15) is 44.9 Å². The minimum Gasteiger partial charge on any atom is -0.339 e. The summed E-state index contributed by atoms with van der Waals surface area (Å²) < 4.78 is 1.90. The Balaban J connectivity index is 1.40. The maximum absolute atomic E-state index is 13.0. The average Bonchev–Trinajstić information content (AvgIpc) is 3.35. The van der Waals surface area contributed by atoms with Crippen molar-refractivity contribution in [2.24, 2.45) is 5.92 Å². The van der Waals surface area contributed by atoms with Gasteiger partial charge in [0.15, 0.2) is 0 Å². The summed E-state index contributed by atoms with van der Waals surface area (Å²) in [5.41, 5.74) is 0. The van der Waals surface area contributed by atoms with Crippen molar-refractivity contribution in [3.05, 3.63) is 18.5 Å². The SMILES string of the molecule is O=C1C[C@H](C(=O)N2CCC[C@@H]2Cn2cccn2)CN1C1CCCC1. The Kier molecular flexibility index (Phi) is 4.29. The van der Waals surface area contributed by atoms with E-state index in [1.54, 1.807) is 6.20 Å². The lowest BCUT2D eigenvalue weighted by Gasteiger charge is -2.28. The van der Waals surface area contributed by atoms with Crippen LogP contribution in [-0.4, -0.2) is 56.6 Å². The molecule has 0 radical (unpaired) electrons. The van der Waals surface area contributed by atoms with Crippen molar-refractivity contribution < 1.29 is 9.59 Å². The van der Waals surface area contributed by atoms with Gasteiger partial charge in [-0.1, -0.05) is 12.8 Å². The summed E-state index contributed by atoms with van der Waals surface area (Å²) >= 11 is 0. The third kappa shape index (κ3) is 2.94. The molecule has 6 heteroatoms. The van der Waals surface area contributed by atoms with Gasteiger partial charge in [-0.2, -0.15) is 5.10 Å². The predicted octanol–water partition coefficient (Wildman–Crippen LogP) is 1.67. The van der Waals surface area contributed by atoms with E-state index >= 15 is 0 Å². The van der Waals surface area contributed by atoms with E-state index in [0.717, 1.165) is 38.8 Å². The lowest BCUT2D eigenvalue weighted by atomic mass is 10.1. The quantitative estimate of drug-likeness (QED) is 0.844. The number of likely N-dealkylation sites (tertiary alicyclic amines) is 2. The van der Waals surface area contributed by atoms with Gasteiger partial charge in [-0.05, 0) is 31.7 Å². The standard InChI is InChI=1S/C18H26N4O2/c23-17-11-14(12-22(17)15-5-1-2-6-15)18(24)21-10-3-7-16(21)13-20-9-4-8-19-20/h4,8-9,14-16H,1-3,5-7,10-13H2/t14-,16+/m0/s1. The molecule has 3 aliphatic rings. The molecule has 0 bridgehead atoms. The number of carbonyl (C=O) groups excluding carboxylic acids is 2. The van der Waals surface area contributed by atoms with Gasteiger partial charge >= 0.3 is 0 Å². The first kappa shape index (κ1) is 15.7. The van der Waals surface area contributed by atoms with Crippen LogP contribution in [0.3, 0.4) is 0 Å². The molecule has 2 amide bonds. The van der Waals surface area contributed by atoms with Crippen LogP contribution in [0.2, 0.25) is 0 Å². The molecule has 0 unspecified atom stereocenters. The van der Waals surface area contributed by atoms with Gasteiger partial charge < -0.3 is 9.80 Å². The number of carbonyl (C=O) groups is 2. The Labute approximate surface area is 142 Å². The van der Waals surface area contributed by atoms with Crippen molar-refractivity contribution in [3.63, 3.8) is 0 Å². The summed E-state index contributed by atoms with van der Waals surface area (Å²) in [4.78, 5) is 29.4. The molecule has 130 valence electrons. The van der Waals surface area contributed by atoms with E-state index < -0.39 is 0 Å². The largest absolute Gasteiger partial charge is 0.339 e. The molecule has 1 saturated carbocycles. The zero-order valence-corrected chi connectivity index (χ0v) is 14.1. The summed E-state index contributed by atoms with van der Waals surface area (Å²) in [6, 6.07) is 2.51. The summed E-state index contributed by atoms with van der Waals surface area (Å²) in [7, 11) is 0. The fourth-order valence-corrected chi connectivity index (χ4v) is 4.64. The molecule has 1 aromatic heterocycles. The van der Waals surface area contributed by atoms with Gasteiger partial charge in [0.25, 0.3) is 0 Å². The fourth-order valence-electron chi connectivity index (χ4n) is 4.64. The van der Waals surface area contributed by atoms with Gasteiger partial charge in [0, 0.05) is 37.9 Å². The molecule has 3 heterocycles. The van der Waals surface area contributed by atoms with Gasteiger partial charge in [0.1, 0.15) is 0 Å². The minimum absolute atomic E-state index is 0.142. The summed E-state index contributed by atoms with van der Waals surface area (Å²) in [5.74, 6) is 0.220. The Morgan fingerprint density at radius 1 is 1.21 bits per heavy atom. The third-order valence-corrected chi connectivity index (χ3v) is 5.89. The Hall–Kier alpha value is -1.85. The molecule has 0 N–H and O–H groups in total. The van der Waals surface area contributed by atoms with Gasteiger partial charge in [0.2, 0.25) is 11.8 Å². The Morgan fingerprint density at radius 2 is 2.04 bits per heavy atom. The molecule has 0 aromatic carbocycles. The summed E-state index contributed by atoms with van der Waals surface area (Å²) in [6.07, 6.45) is 10.8. The Morgan fingerprint density at radius 3 is 2.79 bits per heavy atom. The van der Waals surface area contributed by atoms with Crippen molar-refractivity contribution in [1.82, 2.24) is 19.6 Å². The van der Waals surface area contributed by atoms with Crippen molar-refractivity contribution in [2.45, 2.75) is 63.6 Å². The van der Waals surface area contributed by atoms with E-state index in [1.165, 1.54) is 12.8 Å². The lowest BCUT2D eigenvalue weighted by molar-refractivity contribution is -0.136. The second kappa shape index (κ2) is 6.57. The van der Waals surface area contributed by atoms with Crippen LogP contribution < -0.4 is 0 Å². The number of amides is 2. The van der Waals surface area contributed by atoms with Crippen LogP contribution in [0.25, 0.3) is 0 Å². The third-order valence-electron chi connectivity index (χ3n) is 5.89. The summed E-state index contributed by atoms with van der Waals surface area (Å²) in [6.45, 7) is 2.21. The topological polar surface area (TPSA) is 58.4 Å². The van der Waals surface area contributed by atoms with Gasteiger partial charge in [0.05, 0.1) is 18.5 Å². The highest BCUT2D eigenvalue weighted by Gasteiger charge is 2.42. The smallest absolute Gasteiger partial charge is 0.228 e. The van der Waals surface area contributed by atoms with Gasteiger partial charge in [-0.15, -0.1) is 0 Å². The monoisotopic (exact) mass is 330 g/mol. The van der Waals surface area contributed by atoms with Crippen molar-refractivity contribution in [3.8, 4) is 0 Å². The summed E-state index contributed by atoms with van der Waals surface area (Å²) in [5, 5.41) is 4.26. The maximum Gasteiger partial charge on any atom is 0.228 e. The molecular formula is C18H26N4O2. The van der Waals surface area contributed by atoms with Crippen LogP contribution >= 0.6 is 0 Å². The maximum atomic E-state index is 13.0. The van der Waals surface area contributed by atoms with Crippen LogP contribution in [-0.2, 0) is 16.1 Å². The first-order valence-electron chi connectivity index (χ1n) is 9.30.